The summed E-state index contributed by atoms with van der Waals surface area (Å²) in [4.78, 5) is 16.3. The quantitative estimate of drug-likeness (QED) is 0.609. The maximum absolute atomic E-state index is 11.4. The zero-order chi connectivity index (χ0) is 11.3. The zero-order valence-electron chi connectivity index (χ0n) is 9.41. The normalized spacial score (nSPS) is 11.1. The van der Waals surface area contributed by atoms with Gasteiger partial charge in [0.25, 0.3) is 0 Å². The Morgan fingerprint density at radius 1 is 1.27 bits per heavy atom. The summed E-state index contributed by atoms with van der Waals surface area (Å²) in [6.45, 7) is 5.80. The average Bonchev–Trinajstić information content (AvgIpc) is 2.15. The predicted octanol–water partition coefficient (Wildman–Crippen LogP) is 2.08. The monoisotopic (exact) mass is 207 g/mol. The van der Waals surface area contributed by atoms with Gasteiger partial charge >= 0.3 is 5.97 Å². The van der Waals surface area contributed by atoms with Crippen molar-refractivity contribution in [1.82, 2.24) is 5.48 Å². The average molecular weight is 207 g/mol. The van der Waals surface area contributed by atoms with Crippen LogP contribution in [-0.4, -0.2) is 11.5 Å². The second-order valence-corrected chi connectivity index (χ2v) is 4.49. The molecule has 81 valence electrons. The summed E-state index contributed by atoms with van der Waals surface area (Å²) in [5, 5.41) is 0. The fraction of sp³-hybridized carbons (Fsp3) is 0.417. The maximum atomic E-state index is 11.4. The highest BCUT2D eigenvalue weighted by molar-refractivity contribution is 5.72. The molecule has 0 spiro atoms. The van der Waals surface area contributed by atoms with E-state index in [-0.39, 0.29) is 11.5 Å². The number of hydrogen-bond donors (Lipinski definition) is 1. The molecule has 0 aliphatic rings. The van der Waals surface area contributed by atoms with Gasteiger partial charge in [-0.25, -0.2) is 0 Å². The summed E-state index contributed by atoms with van der Waals surface area (Å²) in [5.41, 5.74) is 3.43. The van der Waals surface area contributed by atoms with Crippen LogP contribution in [0.3, 0.4) is 0 Å². The van der Waals surface area contributed by atoms with Gasteiger partial charge < -0.3 is 0 Å². The van der Waals surface area contributed by atoms with Crippen LogP contribution in [0.4, 0.5) is 0 Å². The lowest BCUT2D eigenvalue weighted by Gasteiger charge is -2.12. The minimum absolute atomic E-state index is 0.216. The molecule has 0 saturated heterocycles. The summed E-state index contributed by atoms with van der Waals surface area (Å²) in [6, 6.07) is 9.53. The first kappa shape index (κ1) is 11.7. The molecule has 1 N–H and O–H groups in total. The van der Waals surface area contributed by atoms with Crippen molar-refractivity contribution in [2.75, 3.05) is 0 Å². The highest BCUT2D eigenvalue weighted by atomic mass is 16.7. The molecule has 0 aromatic heterocycles. The van der Waals surface area contributed by atoms with Gasteiger partial charge in [-0.05, 0) is 31.8 Å². The van der Waals surface area contributed by atoms with Crippen molar-refractivity contribution < 1.29 is 9.63 Å². The van der Waals surface area contributed by atoms with E-state index in [9.17, 15) is 4.79 Å². The third-order valence-electron chi connectivity index (χ3n) is 1.66. The first-order valence-electron chi connectivity index (χ1n) is 4.98. The van der Waals surface area contributed by atoms with Crippen molar-refractivity contribution in [3.63, 3.8) is 0 Å². The molecule has 1 radical (unpaired) electrons. The van der Waals surface area contributed by atoms with Gasteiger partial charge in [-0.1, -0.05) is 30.3 Å². The van der Waals surface area contributed by atoms with Crippen LogP contribution < -0.4 is 5.48 Å². The molecule has 3 nitrogen and oxygen atoms in total. The van der Waals surface area contributed by atoms with E-state index in [4.69, 9.17) is 4.84 Å². The largest absolute Gasteiger partial charge is 0.602 e. The number of hydrogen-bond acceptors (Lipinski definition) is 3. The van der Waals surface area contributed by atoms with E-state index in [0.29, 0.717) is 6.42 Å². The van der Waals surface area contributed by atoms with E-state index in [1.54, 1.807) is 0 Å². The summed E-state index contributed by atoms with van der Waals surface area (Å²) >= 11 is 0. The first-order valence-corrected chi connectivity index (χ1v) is 4.98. The van der Waals surface area contributed by atoms with Gasteiger partial charge in [-0.2, -0.15) is 4.84 Å². The topological polar surface area (TPSA) is 41.2 Å². The number of carbonyl (C=O) groups is 1. The molecule has 0 atom stereocenters. The van der Waals surface area contributed by atoms with Gasteiger partial charge in [0.2, 0.25) is 0 Å². The Kier molecular flexibility index (Phi) is 3.86. The number of hydroxylamine groups is 1. The van der Waals surface area contributed by atoms with Gasteiger partial charge in [-0.15, -0.1) is 0 Å². The van der Waals surface area contributed by atoms with Crippen LogP contribution in [0.25, 0.3) is 0 Å². The molecular formula is C12H17NO2+. The number of benzene rings is 1. The van der Waals surface area contributed by atoms with Crippen LogP contribution in [0.5, 0.6) is 0 Å². The van der Waals surface area contributed by atoms with E-state index in [1.165, 1.54) is 0 Å². The third kappa shape index (κ3) is 5.18. The second kappa shape index (κ2) is 4.94. The van der Waals surface area contributed by atoms with Crippen LogP contribution in [0.15, 0.2) is 30.3 Å². The van der Waals surface area contributed by atoms with Crippen molar-refractivity contribution in [3.8, 4) is 0 Å². The molecule has 3 heteroatoms. The van der Waals surface area contributed by atoms with Crippen LogP contribution in [0, 0.1) is 0 Å². The van der Waals surface area contributed by atoms with Crippen LogP contribution in [0.1, 0.15) is 26.3 Å². The molecule has 0 aliphatic heterocycles. The lowest BCUT2D eigenvalue weighted by atomic mass is 10.1. The molecule has 1 aromatic rings. The number of carbonyl (C=O) groups excluding carboxylic acids is 1. The maximum Gasteiger partial charge on any atom is 0.602 e. The zero-order valence-corrected chi connectivity index (χ0v) is 9.41. The Bertz CT molecular complexity index is 314. The highest BCUT2D eigenvalue weighted by Crippen LogP contribution is 2.02. The van der Waals surface area contributed by atoms with Crippen molar-refractivity contribution in [2.24, 2.45) is 0 Å². The molecule has 0 aliphatic carbocycles. The van der Waals surface area contributed by atoms with Crippen molar-refractivity contribution >= 4 is 5.97 Å². The van der Waals surface area contributed by atoms with E-state index in [2.05, 4.69) is 5.48 Å². The Hall–Kier alpha value is -1.35. The summed E-state index contributed by atoms with van der Waals surface area (Å²) in [6.07, 6.45) is 0.296. The minimum Gasteiger partial charge on any atom is -0.198 e. The van der Waals surface area contributed by atoms with Gasteiger partial charge in [0.05, 0.1) is 10.3 Å². The summed E-state index contributed by atoms with van der Waals surface area (Å²) in [7, 11) is 0. The molecule has 1 aromatic carbocycles. The smallest absolute Gasteiger partial charge is 0.198 e. The molecule has 0 unspecified atom stereocenters. The lowest BCUT2D eigenvalue weighted by Crippen LogP contribution is -2.37. The van der Waals surface area contributed by atoms with Gasteiger partial charge in [0.15, 0.2) is 0 Å². The second-order valence-electron chi connectivity index (χ2n) is 4.49. The third-order valence-corrected chi connectivity index (χ3v) is 1.66. The molecule has 15 heavy (non-hydrogen) atoms. The van der Waals surface area contributed by atoms with Crippen LogP contribution in [-0.2, 0) is 16.1 Å². The fourth-order valence-electron chi connectivity index (χ4n) is 1.01. The Labute approximate surface area is 90.4 Å². The lowest BCUT2D eigenvalue weighted by molar-refractivity contribution is -0.154. The standard InChI is InChI=1S/C12H17NO2/c1-12(2,3)13-15-11(14)9-10-7-5-4-6-8-10/h4-8,13H,9H2,1-3H3/q+1. The van der Waals surface area contributed by atoms with E-state index in [1.807, 2.05) is 51.1 Å². The van der Waals surface area contributed by atoms with E-state index < -0.39 is 0 Å². The number of nitrogens with one attached hydrogen (secondary N) is 1. The van der Waals surface area contributed by atoms with Gasteiger partial charge in [0.1, 0.15) is 6.42 Å². The molecule has 0 heterocycles. The van der Waals surface area contributed by atoms with Crippen molar-refractivity contribution in [3.05, 3.63) is 35.9 Å². The molecule has 0 amide bonds. The Balaban J connectivity index is 2.38. The molecule has 0 fully saturated rings. The van der Waals surface area contributed by atoms with Crippen molar-refractivity contribution in [2.45, 2.75) is 32.7 Å². The SMILES string of the molecule is CC(C)(C)NOC(=[O+])Cc1ccccc1. The van der Waals surface area contributed by atoms with Crippen LogP contribution in [0.2, 0.25) is 0 Å². The Morgan fingerprint density at radius 3 is 2.40 bits per heavy atom. The summed E-state index contributed by atoms with van der Waals surface area (Å²) < 4.78 is 0. The minimum atomic E-state index is -0.267. The highest BCUT2D eigenvalue weighted by Gasteiger charge is 2.23. The molecule has 1 rings (SSSR count). The molecule has 0 bridgehead atoms. The fourth-order valence-corrected chi connectivity index (χ4v) is 1.01. The van der Waals surface area contributed by atoms with Gasteiger partial charge in [-0.3, -0.25) is 0 Å². The first-order chi connectivity index (χ1) is 6.97. The van der Waals surface area contributed by atoms with Crippen molar-refractivity contribution in [1.29, 1.82) is 0 Å². The summed E-state index contributed by atoms with van der Waals surface area (Å²) in [5.74, 6) is -0.267. The van der Waals surface area contributed by atoms with Gasteiger partial charge in [0, 0.05) is 0 Å². The number of rotatable bonds is 3. The predicted molar refractivity (Wildman–Crippen MR) is 59.1 cm³/mol. The van der Waals surface area contributed by atoms with E-state index in [0.717, 1.165) is 5.56 Å². The Morgan fingerprint density at radius 2 is 1.87 bits per heavy atom. The molecule has 0 saturated carbocycles. The van der Waals surface area contributed by atoms with Crippen LogP contribution >= 0.6 is 0 Å². The van der Waals surface area contributed by atoms with E-state index >= 15 is 0 Å². The molecular weight excluding hydrogens is 190 g/mol.